The van der Waals surface area contributed by atoms with Crippen molar-refractivity contribution in [2.24, 2.45) is 0 Å². The van der Waals surface area contributed by atoms with E-state index < -0.39 is 11.0 Å². The minimum absolute atomic E-state index is 0.183. The fourth-order valence-corrected chi connectivity index (χ4v) is 6.36. The molecule has 30 heavy (non-hydrogen) atoms. The molecule has 5 rings (SSSR count). The number of fused-ring (bicyclic) bond motifs is 1. The number of ether oxygens (including phenoxy) is 2. The van der Waals surface area contributed by atoms with Crippen LogP contribution < -0.4 is 4.74 Å². The molecule has 2 aromatic carbocycles. The number of phenolic OH excluding ortho intramolecular Hbond substituents is 1. The molecular formula is C25H29NO4. The number of piperidine rings is 1. The molecule has 1 N–H and O–H groups in total. The third kappa shape index (κ3) is 2.65. The van der Waals surface area contributed by atoms with Gasteiger partial charge >= 0.3 is 0 Å². The van der Waals surface area contributed by atoms with Crippen LogP contribution in [0.4, 0.5) is 0 Å². The maximum atomic E-state index is 12.7. The lowest BCUT2D eigenvalue weighted by atomic mass is 9.49. The summed E-state index contributed by atoms with van der Waals surface area (Å²) in [7, 11) is 3.92. The number of rotatable bonds is 4. The van der Waals surface area contributed by atoms with E-state index in [0.717, 1.165) is 36.1 Å². The molecule has 1 heterocycles. The average Bonchev–Trinajstić information content (AvgIpc) is 2.76. The summed E-state index contributed by atoms with van der Waals surface area (Å²) in [4.78, 5) is 15.1. The molecule has 2 aliphatic carbocycles. The Bertz CT molecular complexity index is 975. The highest BCUT2D eigenvalue weighted by Gasteiger charge is 2.66. The molecule has 2 bridgehead atoms. The Morgan fingerprint density at radius 2 is 1.97 bits per heavy atom. The number of nitrogens with zero attached hydrogens (tertiary/aromatic N) is 1. The van der Waals surface area contributed by atoms with E-state index in [2.05, 4.69) is 18.0 Å². The molecule has 3 aliphatic rings. The Kier molecular flexibility index (Phi) is 4.64. The Hall–Kier alpha value is -2.37. The summed E-state index contributed by atoms with van der Waals surface area (Å²) in [5.74, 6) is 0.920. The number of likely N-dealkylation sites (tertiary alicyclic amines) is 1. The second kappa shape index (κ2) is 7.10. The first-order valence-electron chi connectivity index (χ1n) is 10.8. The number of ketones is 1. The number of aromatic hydroxyl groups is 1. The van der Waals surface area contributed by atoms with Crippen LogP contribution in [0.5, 0.6) is 11.5 Å². The van der Waals surface area contributed by atoms with Crippen molar-refractivity contribution in [3.8, 4) is 11.5 Å². The van der Waals surface area contributed by atoms with Crippen molar-refractivity contribution in [2.45, 2.75) is 55.8 Å². The molecular weight excluding hydrogens is 378 g/mol. The van der Waals surface area contributed by atoms with Crippen LogP contribution in [0.1, 0.15) is 42.4 Å². The number of likely N-dealkylation sites (N-methyl/N-ethyl adjacent to an activating group) is 1. The van der Waals surface area contributed by atoms with Gasteiger partial charge in [0, 0.05) is 37.0 Å². The maximum Gasteiger partial charge on any atom is 0.161 e. The second-order valence-corrected chi connectivity index (χ2v) is 9.06. The minimum atomic E-state index is -0.502. The molecule has 1 saturated heterocycles. The summed E-state index contributed by atoms with van der Waals surface area (Å²) in [6.45, 7) is 1.27. The fourth-order valence-electron chi connectivity index (χ4n) is 6.36. The molecule has 158 valence electrons. The van der Waals surface area contributed by atoms with Gasteiger partial charge in [-0.25, -0.2) is 0 Å². The van der Waals surface area contributed by atoms with Crippen LogP contribution in [0.15, 0.2) is 42.5 Å². The third-order valence-corrected chi connectivity index (χ3v) is 7.77. The van der Waals surface area contributed by atoms with Gasteiger partial charge in [-0.1, -0.05) is 36.4 Å². The summed E-state index contributed by atoms with van der Waals surface area (Å²) in [5.41, 5.74) is 2.08. The van der Waals surface area contributed by atoms with Gasteiger partial charge in [0.15, 0.2) is 11.5 Å². The fraction of sp³-hybridized carbons (Fsp3) is 0.480. The van der Waals surface area contributed by atoms with Crippen LogP contribution in [0.25, 0.3) is 0 Å². The highest BCUT2D eigenvalue weighted by molar-refractivity contribution is 5.83. The summed E-state index contributed by atoms with van der Waals surface area (Å²) in [5, 5.41) is 11.4. The standard InChI is InChI=1S/C25H29NO4/c1-26-13-12-24-15-19(27)10-11-25(24,29-2)21(26)14-18-8-9-20(23(28)22(18)24)30-16-17-6-4-3-5-7-17/h3-9,21,28H,10-16H2,1-2H3/t21-,24-,25-/m1/s1. The van der Waals surface area contributed by atoms with Crippen molar-refractivity contribution in [1.29, 1.82) is 0 Å². The molecule has 2 fully saturated rings. The van der Waals surface area contributed by atoms with E-state index in [1.807, 2.05) is 36.4 Å². The third-order valence-electron chi connectivity index (χ3n) is 7.77. The first kappa shape index (κ1) is 19.6. The summed E-state index contributed by atoms with van der Waals surface area (Å²) in [6.07, 6.45) is 3.27. The van der Waals surface area contributed by atoms with E-state index in [-0.39, 0.29) is 17.6 Å². The number of carbonyl (C=O) groups is 1. The number of Topliss-reactive ketones (excluding diaryl/α,β-unsaturated/α-hetero) is 1. The van der Waals surface area contributed by atoms with Crippen LogP contribution in [0, 0.1) is 0 Å². The molecule has 3 atom stereocenters. The summed E-state index contributed by atoms with van der Waals surface area (Å²) >= 11 is 0. The predicted octanol–water partition coefficient (Wildman–Crippen LogP) is 3.61. The lowest BCUT2D eigenvalue weighted by Gasteiger charge is -2.64. The summed E-state index contributed by atoms with van der Waals surface area (Å²) in [6, 6.07) is 14.1. The lowest BCUT2D eigenvalue weighted by Crippen LogP contribution is -2.73. The predicted molar refractivity (Wildman–Crippen MR) is 114 cm³/mol. The number of phenols is 1. The van der Waals surface area contributed by atoms with E-state index in [4.69, 9.17) is 9.47 Å². The van der Waals surface area contributed by atoms with Crippen molar-refractivity contribution >= 4 is 5.78 Å². The summed E-state index contributed by atoms with van der Waals surface area (Å²) < 4.78 is 12.3. The van der Waals surface area contributed by atoms with Gasteiger partial charge in [0.25, 0.3) is 0 Å². The van der Waals surface area contributed by atoms with Gasteiger partial charge < -0.3 is 19.5 Å². The van der Waals surface area contributed by atoms with Crippen LogP contribution in [0.2, 0.25) is 0 Å². The van der Waals surface area contributed by atoms with Crippen LogP contribution in [0.3, 0.4) is 0 Å². The van der Waals surface area contributed by atoms with E-state index in [1.165, 1.54) is 0 Å². The molecule has 2 aromatic rings. The second-order valence-electron chi connectivity index (χ2n) is 9.06. The first-order valence-corrected chi connectivity index (χ1v) is 10.8. The zero-order valence-electron chi connectivity index (χ0n) is 17.7. The average molecular weight is 408 g/mol. The molecule has 0 radical (unpaired) electrons. The van der Waals surface area contributed by atoms with E-state index >= 15 is 0 Å². The zero-order valence-corrected chi connectivity index (χ0v) is 17.7. The maximum absolute atomic E-state index is 12.7. The molecule has 0 unspecified atom stereocenters. The molecule has 1 aliphatic heterocycles. The Balaban J connectivity index is 1.61. The van der Waals surface area contributed by atoms with Gasteiger partial charge in [-0.15, -0.1) is 0 Å². The van der Waals surface area contributed by atoms with Crippen LogP contribution >= 0.6 is 0 Å². The Morgan fingerprint density at radius 1 is 1.17 bits per heavy atom. The number of carbonyl (C=O) groups excluding carboxylic acids is 1. The van der Waals surface area contributed by atoms with Crippen LogP contribution in [-0.4, -0.2) is 48.1 Å². The van der Waals surface area contributed by atoms with Crippen molar-refractivity contribution in [1.82, 2.24) is 4.90 Å². The monoisotopic (exact) mass is 407 g/mol. The van der Waals surface area contributed by atoms with Gasteiger partial charge in [-0.05, 0) is 50.0 Å². The van der Waals surface area contributed by atoms with Crippen molar-refractivity contribution < 1.29 is 19.4 Å². The quantitative estimate of drug-likeness (QED) is 0.839. The van der Waals surface area contributed by atoms with Crippen molar-refractivity contribution in [3.05, 3.63) is 59.2 Å². The van der Waals surface area contributed by atoms with Gasteiger partial charge in [-0.3, -0.25) is 4.79 Å². The van der Waals surface area contributed by atoms with Gasteiger partial charge in [0.2, 0.25) is 0 Å². The topological polar surface area (TPSA) is 59.0 Å². The molecule has 0 aromatic heterocycles. The highest BCUT2D eigenvalue weighted by atomic mass is 16.5. The van der Waals surface area contributed by atoms with Gasteiger partial charge in [0.1, 0.15) is 12.4 Å². The van der Waals surface area contributed by atoms with Gasteiger partial charge in [0.05, 0.1) is 5.60 Å². The molecule has 0 spiro atoms. The smallest absolute Gasteiger partial charge is 0.161 e. The zero-order chi connectivity index (χ0) is 20.9. The minimum Gasteiger partial charge on any atom is -0.504 e. The number of hydrogen-bond donors (Lipinski definition) is 1. The van der Waals surface area contributed by atoms with E-state index in [0.29, 0.717) is 31.6 Å². The number of methoxy groups -OCH3 is 1. The normalized spacial score (nSPS) is 30.5. The van der Waals surface area contributed by atoms with E-state index in [9.17, 15) is 9.90 Å². The van der Waals surface area contributed by atoms with Crippen LogP contribution in [-0.2, 0) is 28.0 Å². The SMILES string of the molecule is CO[C@@]12CCC(=O)C[C@@]13CCN(C)[C@@H]2Cc1ccc(OCc2ccccc2)c(O)c13. The molecule has 5 heteroatoms. The Labute approximate surface area is 177 Å². The molecule has 5 nitrogen and oxygen atoms in total. The van der Waals surface area contributed by atoms with Crippen molar-refractivity contribution in [2.75, 3.05) is 20.7 Å². The lowest BCUT2D eigenvalue weighted by molar-refractivity contribution is -0.183. The van der Waals surface area contributed by atoms with E-state index in [1.54, 1.807) is 7.11 Å². The molecule has 0 amide bonds. The number of benzene rings is 2. The highest BCUT2D eigenvalue weighted by Crippen LogP contribution is 2.61. The van der Waals surface area contributed by atoms with Gasteiger partial charge in [-0.2, -0.15) is 0 Å². The number of hydrogen-bond acceptors (Lipinski definition) is 5. The Morgan fingerprint density at radius 3 is 2.73 bits per heavy atom. The van der Waals surface area contributed by atoms with Crippen molar-refractivity contribution in [3.63, 3.8) is 0 Å². The molecule has 1 saturated carbocycles. The largest absolute Gasteiger partial charge is 0.504 e. The first-order chi connectivity index (χ1) is 14.5.